The highest BCUT2D eigenvalue weighted by Crippen LogP contribution is 2.29. The largest absolute Gasteiger partial charge is 0.378 e. The minimum Gasteiger partial charge on any atom is -0.378 e. The van der Waals surface area contributed by atoms with Gasteiger partial charge >= 0.3 is 0 Å². The third kappa shape index (κ3) is 3.24. The van der Waals surface area contributed by atoms with Gasteiger partial charge in [0.1, 0.15) is 11.7 Å². The summed E-state index contributed by atoms with van der Waals surface area (Å²) in [6.07, 6.45) is 5.09. The molecule has 10 nitrogen and oxygen atoms in total. The van der Waals surface area contributed by atoms with E-state index in [0.29, 0.717) is 44.0 Å². The molecule has 2 aliphatic heterocycles. The van der Waals surface area contributed by atoms with Crippen LogP contribution in [0.5, 0.6) is 0 Å². The van der Waals surface area contributed by atoms with Gasteiger partial charge in [-0.3, -0.25) is 4.90 Å². The maximum absolute atomic E-state index is 14.9. The van der Waals surface area contributed by atoms with Gasteiger partial charge in [-0.05, 0) is 24.6 Å². The number of hydrogen-bond acceptors (Lipinski definition) is 8. The molecule has 4 aromatic heterocycles. The number of nitrogens with one attached hydrogen (secondary N) is 2. The van der Waals surface area contributed by atoms with E-state index < -0.39 is 6.17 Å². The van der Waals surface area contributed by atoms with Gasteiger partial charge in [0, 0.05) is 44.3 Å². The van der Waals surface area contributed by atoms with E-state index in [2.05, 4.69) is 35.7 Å². The first kappa shape index (κ1) is 19.4. The van der Waals surface area contributed by atoms with Crippen LogP contribution in [0.2, 0.25) is 0 Å². The number of rotatable bonds is 5. The van der Waals surface area contributed by atoms with Gasteiger partial charge in [0.05, 0.1) is 31.0 Å². The van der Waals surface area contributed by atoms with Gasteiger partial charge in [0.25, 0.3) is 0 Å². The average molecular weight is 437 g/mol. The molecule has 2 aliphatic rings. The zero-order chi connectivity index (χ0) is 21.7. The molecule has 166 valence electrons. The minimum absolute atomic E-state index is 0.324. The number of imidazole rings is 1. The van der Waals surface area contributed by atoms with Gasteiger partial charge in [0.15, 0.2) is 11.5 Å². The van der Waals surface area contributed by atoms with Crippen molar-refractivity contribution in [1.29, 1.82) is 0 Å². The van der Waals surface area contributed by atoms with E-state index in [0.717, 1.165) is 29.0 Å². The zero-order valence-corrected chi connectivity index (χ0v) is 17.6. The number of hydrogen-bond donors (Lipinski definition) is 2. The van der Waals surface area contributed by atoms with Crippen LogP contribution in [0.25, 0.3) is 22.4 Å². The topological polar surface area (TPSA) is 96.9 Å². The number of anilines is 2. The fourth-order valence-corrected chi connectivity index (χ4v) is 4.45. The summed E-state index contributed by atoms with van der Waals surface area (Å²) in [6.45, 7) is 2.65. The van der Waals surface area contributed by atoms with Crippen molar-refractivity contribution < 1.29 is 9.13 Å². The SMILES string of the molecule is CNc1nc(N[C@@H]2CCN(C3COC3)C[C@H]2F)nn2ccc(-c3ccc4nccn4n3)c12. The number of likely N-dealkylation sites (tertiary alicyclic amines) is 1. The average Bonchev–Trinajstić information content (AvgIpc) is 3.40. The van der Waals surface area contributed by atoms with E-state index in [1.165, 1.54) is 0 Å². The summed E-state index contributed by atoms with van der Waals surface area (Å²) in [5.41, 5.74) is 3.28. The number of piperidine rings is 1. The van der Waals surface area contributed by atoms with Crippen molar-refractivity contribution >= 4 is 22.9 Å². The Balaban J connectivity index is 1.28. The lowest BCUT2D eigenvalue weighted by Crippen LogP contribution is -2.57. The molecule has 2 atom stereocenters. The van der Waals surface area contributed by atoms with E-state index >= 15 is 0 Å². The number of nitrogens with zero attached hydrogens (tertiary/aromatic N) is 7. The van der Waals surface area contributed by atoms with Gasteiger partial charge in [-0.15, -0.1) is 5.10 Å². The van der Waals surface area contributed by atoms with Crippen LogP contribution in [0.1, 0.15) is 6.42 Å². The smallest absolute Gasteiger partial charge is 0.243 e. The summed E-state index contributed by atoms with van der Waals surface area (Å²) < 4.78 is 23.6. The summed E-state index contributed by atoms with van der Waals surface area (Å²) in [5.74, 6) is 1.05. The summed E-state index contributed by atoms with van der Waals surface area (Å²) in [7, 11) is 1.81. The number of fused-ring (bicyclic) bond motifs is 2. The Hall–Kier alpha value is -3.31. The Kier molecular flexibility index (Phi) is 4.65. The molecule has 4 aromatic rings. The molecule has 32 heavy (non-hydrogen) atoms. The predicted octanol–water partition coefficient (Wildman–Crippen LogP) is 1.70. The van der Waals surface area contributed by atoms with Crippen molar-refractivity contribution in [3.05, 3.63) is 36.8 Å². The highest BCUT2D eigenvalue weighted by atomic mass is 19.1. The molecule has 0 bridgehead atoms. The van der Waals surface area contributed by atoms with Crippen molar-refractivity contribution in [2.75, 3.05) is 44.0 Å². The molecule has 2 fully saturated rings. The number of aromatic nitrogens is 6. The standard InChI is InChI=1S/C21H24FN9O/c1-23-20-19-14(16-2-3-18-24-6-9-30(18)27-16)4-8-31(19)28-21(26-20)25-17-5-7-29(10-15(17)22)13-11-32-12-13/h2-4,6,8-9,13,15,17H,5,7,10-12H2,1H3,(H2,23,25,26,28)/t15-,17-/m1/s1. The second-order valence-corrected chi connectivity index (χ2v) is 8.25. The van der Waals surface area contributed by atoms with E-state index in [1.807, 2.05) is 37.6 Å². The number of halogens is 1. The lowest BCUT2D eigenvalue weighted by atomic mass is 10.0. The van der Waals surface area contributed by atoms with E-state index in [4.69, 9.17) is 4.74 Å². The molecule has 6 rings (SSSR count). The Bertz CT molecular complexity index is 1270. The fourth-order valence-electron chi connectivity index (χ4n) is 4.45. The van der Waals surface area contributed by atoms with Crippen LogP contribution in [0.15, 0.2) is 36.8 Å². The molecule has 2 N–H and O–H groups in total. The van der Waals surface area contributed by atoms with Crippen LogP contribution in [-0.4, -0.2) is 85.7 Å². The molecular weight excluding hydrogens is 413 g/mol. The normalized spacial score (nSPS) is 22.3. The van der Waals surface area contributed by atoms with Crippen LogP contribution in [-0.2, 0) is 4.74 Å². The van der Waals surface area contributed by atoms with Crippen LogP contribution >= 0.6 is 0 Å². The monoisotopic (exact) mass is 437 g/mol. The first-order valence-electron chi connectivity index (χ1n) is 10.8. The lowest BCUT2D eigenvalue weighted by molar-refractivity contribution is -0.0794. The van der Waals surface area contributed by atoms with Crippen LogP contribution < -0.4 is 10.6 Å². The second-order valence-electron chi connectivity index (χ2n) is 8.25. The van der Waals surface area contributed by atoms with Gasteiger partial charge in [0.2, 0.25) is 5.95 Å². The predicted molar refractivity (Wildman–Crippen MR) is 118 cm³/mol. The van der Waals surface area contributed by atoms with Crippen molar-refractivity contribution in [2.45, 2.75) is 24.7 Å². The van der Waals surface area contributed by atoms with Crippen molar-refractivity contribution in [2.24, 2.45) is 0 Å². The zero-order valence-electron chi connectivity index (χ0n) is 17.6. The third-order valence-electron chi connectivity index (χ3n) is 6.30. The molecule has 11 heteroatoms. The first-order valence-corrected chi connectivity index (χ1v) is 10.8. The Morgan fingerprint density at radius 3 is 2.81 bits per heavy atom. The van der Waals surface area contributed by atoms with Crippen LogP contribution in [0.4, 0.5) is 16.2 Å². The van der Waals surface area contributed by atoms with E-state index in [9.17, 15) is 4.39 Å². The van der Waals surface area contributed by atoms with Crippen LogP contribution in [0.3, 0.4) is 0 Å². The van der Waals surface area contributed by atoms with E-state index in [-0.39, 0.29) is 6.04 Å². The summed E-state index contributed by atoms with van der Waals surface area (Å²) in [4.78, 5) is 11.1. The fraction of sp³-hybridized carbons (Fsp3) is 0.429. The Labute approximate surface area is 183 Å². The molecule has 0 aliphatic carbocycles. The third-order valence-corrected chi connectivity index (χ3v) is 6.30. The van der Waals surface area contributed by atoms with Crippen molar-refractivity contribution in [1.82, 2.24) is 34.1 Å². The molecule has 0 saturated carbocycles. The summed E-state index contributed by atoms with van der Waals surface area (Å²) >= 11 is 0. The molecular formula is C21H24FN9O. The summed E-state index contributed by atoms with van der Waals surface area (Å²) in [5, 5.41) is 15.6. The van der Waals surface area contributed by atoms with E-state index in [1.54, 1.807) is 15.2 Å². The Morgan fingerprint density at radius 1 is 1.12 bits per heavy atom. The second kappa shape index (κ2) is 7.68. The molecule has 0 unspecified atom stereocenters. The van der Waals surface area contributed by atoms with Gasteiger partial charge in [-0.25, -0.2) is 18.4 Å². The number of alkyl halides is 1. The van der Waals surface area contributed by atoms with Crippen LogP contribution in [0, 0.1) is 0 Å². The van der Waals surface area contributed by atoms with Gasteiger partial charge in [-0.1, -0.05) is 0 Å². The molecule has 2 saturated heterocycles. The van der Waals surface area contributed by atoms with Gasteiger partial charge in [-0.2, -0.15) is 10.1 Å². The Morgan fingerprint density at radius 2 is 2.03 bits per heavy atom. The maximum atomic E-state index is 14.9. The molecule has 0 radical (unpaired) electrons. The quantitative estimate of drug-likeness (QED) is 0.487. The number of ether oxygens (including phenoxy) is 1. The maximum Gasteiger partial charge on any atom is 0.243 e. The highest BCUT2D eigenvalue weighted by molar-refractivity contribution is 5.87. The highest BCUT2D eigenvalue weighted by Gasteiger charge is 2.35. The van der Waals surface area contributed by atoms with Gasteiger partial charge < -0.3 is 15.4 Å². The first-order chi connectivity index (χ1) is 15.7. The molecule has 0 aromatic carbocycles. The molecule has 0 amide bonds. The molecule has 6 heterocycles. The van der Waals surface area contributed by atoms with Crippen molar-refractivity contribution in [3.63, 3.8) is 0 Å². The molecule has 0 spiro atoms. The minimum atomic E-state index is -0.993. The van der Waals surface area contributed by atoms with Crippen molar-refractivity contribution in [3.8, 4) is 11.3 Å². The summed E-state index contributed by atoms with van der Waals surface area (Å²) in [6, 6.07) is 5.83. The lowest BCUT2D eigenvalue weighted by Gasteiger charge is -2.42.